The molecule has 1 aromatic carbocycles. The third kappa shape index (κ3) is 5.49. The van der Waals surface area contributed by atoms with Crippen LogP contribution in [0.2, 0.25) is 0 Å². The van der Waals surface area contributed by atoms with Crippen molar-refractivity contribution in [3.63, 3.8) is 0 Å². The highest BCUT2D eigenvalue weighted by molar-refractivity contribution is 5.78. The lowest BCUT2D eigenvalue weighted by atomic mass is 10.1. The lowest BCUT2D eigenvalue weighted by molar-refractivity contribution is -0.125. The van der Waals surface area contributed by atoms with Gasteiger partial charge in [0.25, 0.3) is 0 Å². The van der Waals surface area contributed by atoms with Gasteiger partial charge in [-0.15, -0.1) is 0 Å². The minimum Gasteiger partial charge on any atom is -0.491 e. The Kier molecular flexibility index (Phi) is 6.83. The normalized spacial score (nSPS) is 20.0. The second kappa shape index (κ2) is 8.86. The van der Waals surface area contributed by atoms with Crippen LogP contribution in [0.25, 0.3) is 0 Å². The van der Waals surface area contributed by atoms with Crippen molar-refractivity contribution in [2.75, 3.05) is 53.5 Å². The van der Waals surface area contributed by atoms with Crippen LogP contribution in [0.15, 0.2) is 24.3 Å². The standard InChI is InChI=1S/C17H27N3O3/c1-18-17(22)15-12-19(2)6-7-20(13-15)11-14-4-3-5-16(10-14)23-9-8-21/h3-5,10,15,21H,6-9,11-13H2,1-2H3,(H,18,22)/t15-/m0/s1. The van der Waals surface area contributed by atoms with Crippen LogP contribution < -0.4 is 10.1 Å². The van der Waals surface area contributed by atoms with E-state index in [0.29, 0.717) is 6.61 Å². The summed E-state index contributed by atoms with van der Waals surface area (Å²) in [5, 5.41) is 11.6. The van der Waals surface area contributed by atoms with Crippen molar-refractivity contribution in [1.82, 2.24) is 15.1 Å². The van der Waals surface area contributed by atoms with Crippen LogP contribution in [-0.4, -0.2) is 74.3 Å². The van der Waals surface area contributed by atoms with E-state index in [1.165, 1.54) is 0 Å². The van der Waals surface area contributed by atoms with E-state index in [2.05, 4.69) is 28.2 Å². The molecule has 6 heteroatoms. The van der Waals surface area contributed by atoms with Crippen LogP contribution in [0.5, 0.6) is 5.75 Å². The van der Waals surface area contributed by atoms with Crippen LogP contribution in [0, 0.1) is 5.92 Å². The van der Waals surface area contributed by atoms with E-state index in [9.17, 15) is 4.79 Å². The summed E-state index contributed by atoms with van der Waals surface area (Å²) in [4.78, 5) is 16.6. The molecular formula is C17H27N3O3. The predicted molar refractivity (Wildman–Crippen MR) is 89.4 cm³/mol. The van der Waals surface area contributed by atoms with Gasteiger partial charge >= 0.3 is 0 Å². The summed E-state index contributed by atoms with van der Waals surface area (Å²) in [5.41, 5.74) is 1.15. The molecular weight excluding hydrogens is 294 g/mol. The molecule has 0 spiro atoms. The van der Waals surface area contributed by atoms with Crippen LogP contribution >= 0.6 is 0 Å². The Hall–Kier alpha value is -1.63. The number of rotatable bonds is 6. The van der Waals surface area contributed by atoms with Gasteiger partial charge in [0.1, 0.15) is 12.4 Å². The average Bonchev–Trinajstić information content (AvgIpc) is 2.74. The molecule has 0 aromatic heterocycles. The first-order valence-corrected chi connectivity index (χ1v) is 8.07. The molecule has 1 aliphatic rings. The van der Waals surface area contributed by atoms with E-state index in [1.54, 1.807) is 7.05 Å². The summed E-state index contributed by atoms with van der Waals surface area (Å²) in [6, 6.07) is 7.92. The molecule has 1 atom stereocenters. The minimum absolute atomic E-state index is 0.0104. The number of carbonyl (C=O) groups excluding carboxylic acids is 1. The SMILES string of the molecule is CNC(=O)[C@H]1CN(C)CCN(Cc2cccc(OCCO)c2)C1. The number of nitrogens with one attached hydrogen (secondary N) is 1. The zero-order valence-electron chi connectivity index (χ0n) is 14.0. The number of amides is 1. The minimum atomic E-state index is -0.0127. The van der Waals surface area contributed by atoms with Crippen molar-refractivity contribution in [2.24, 2.45) is 5.92 Å². The number of hydrogen-bond donors (Lipinski definition) is 2. The van der Waals surface area contributed by atoms with Gasteiger partial charge in [0.15, 0.2) is 0 Å². The Morgan fingerprint density at radius 2 is 2.22 bits per heavy atom. The molecule has 0 radical (unpaired) electrons. The van der Waals surface area contributed by atoms with E-state index in [0.717, 1.165) is 44.0 Å². The molecule has 0 aliphatic carbocycles. The number of aliphatic hydroxyl groups excluding tert-OH is 1. The highest BCUT2D eigenvalue weighted by Crippen LogP contribution is 2.17. The molecule has 128 valence electrons. The Morgan fingerprint density at radius 3 is 2.96 bits per heavy atom. The molecule has 1 aromatic rings. The zero-order chi connectivity index (χ0) is 16.7. The number of hydrogen-bond acceptors (Lipinski definition) is 5. The second-order valence-corrected chi connectivity index (χ2v) is 6.03. The summed E-state index contributed by atoms with van der Waals surface area (Å²) in [6.07, 6.45) is 0. The fourth-order valence-corrected chi connectivity index (χ4v) is 2.91. The molecule has 2 rings (SSSR count). The van der Waals surface area contributed by atoms with Gasteiger partial charge in [0.2, 0.25) is 5.91 Å². The largest absolute Gasteiger partial charge is 0.491 e. The number of likely N-dealkylation sites (N-methyl/N-ethyl adjacent to an activating group) is 1. The van der Waals surface area contributed by atoms with E-state index < -0.39 is 0 Å². The Balaban J connectivity index is 2.01. The first-order chi connectivity index (χ1) is 11.1. The highest BCUT2D eigenvalue weighted by Gasteiger charge is 2.25. The zero-order valence-corrected chi connectivity index (χ0v) is 14.0. The molecule has 1 aliphatic heterocycles. The van der Waals surface area contributed by atoms with Gasteiger partial charge in [-0.1, -0.05) is 12.1 Å². The summed E-state index contributed by atoms with van der Waals surface area (Å²) >= 11 is 0. The number of ether oxygens (including phenoxy) is 1. The van der Waals surface area contributed by atoms with Crippen molar-refractivity contribution in [3.8, 4) is 5.75 Å². The Labute approximate surface area is 138 Å². The smallest absolute Gasteiger partial charge is 0.225 e. The first-order valence-electron chi connectivity index (χ1n) is 8.07. The average molecular weight is 321 g/mol. The molecule has 0 saturated carbocycles. The van der Waals surface area contributed by atoms with Gasteiger partial charge in [-0.25, -0.2) is 0 Å². The summed E-state index contributed by atoms with van der Waals surface area (Å²) < 4.78 is 5.46. The number of nitrogens with zero attached hydrogens (tertiary/aromatic N) is 2. The number of aliphatic hydroxyl groups is 1. The lowest BCUT2D eigenvalue weighted by Crippen LogP contribution is -2.39. The van der Waals surface area contributed by atoms with E-state index in [1.807, 2.05) is 18.2 Å². The van der Waals surface area contributed by atoms with Crippen LogP contribution in [0.4, 0.5) is 0 Å². The van der Waals surface area contributed by atoms with Crippen molar-refractivity contribution in [1.29, 1.82) is 0 Å². The van der Waals surface area contributed by atoms with Gasteiger partial charge < -0.3 is 20.1 Å². The second-order valence-electron chi connectivity index (χ2n) is 6.03. The monoisotopic (exact) mass is 321 g/mol. The van der Waals surface area contributed by atoms with E-state index in [-0.39, 0.29) is 18.4 Å². The lowest BCUT2D eigenvalue weighted by Gasteiger charge is -2.23. The molecule has 2 N–H and O–H groups in total. The fourth-order valence-electron chi connectivity index (χ4n) is 2.91. The third-order valence-corrected chi connectivity index (χ3v) is 4.09. The quantitative estimate of drug-likeness (QED) is 0.782. The van der Waals surface area contributed by atoms with Gasteiger partial charge in [0.05, 0.1) is 12.5 Å². The van der Waals surface area contributed by atoms with Gasteiger partial charge in [-0.05, 0) is 24.7 Å². The van der Waals surface area contributed by atoms with Crippen molar-refractivity contribution in [2.45, 2.75) is 6.54 Å². The van der Waals surface area contributed by atoms with Crippen LogP contribution in [-0.2, 0) is 11.3 Å². The molecule has 0 bridgehead atoms. The summed E-state index contributed by atoms with van der Waals surface area (Å²) in [5.74, 6) is 0.858. The molecule has 23 heavy (non-hydrogen) atoms. The molecule has 0 unspecified atom stereocenters. The van der Waals surface area contributed by atoms with Crippen LogP contribution in [0.1, 0.15) is 5.56 Å². The predicted octanol–water partition coefficient (Wildman–Crippen LogP) is 0.167. The van der Waals surface area contributed by atoms with Gasteiger partial charge in [-0.3, -0.25) is 9.69 Å². The summed E-state index contributed by atoms with van der Waals surface area (Å²) in [6.45, 7) is 4.53. The van der Waals surface area contributed by atoms with Crippen LogP contribution in [0.3, 0.4) is 0 Å². The highest BCUT2D eigenvalue weighted by atomic mass is 16.5. The van der Waals surface area contributed by atoms with Gasteiger partial charge in [0, 0.05) is 39.8 Å². The van der Waals surface area contributed by atoms with Crippen molar-refractivity contribution in [3.05, 3.63) is 29.8 Å². The maximum atomic E-state index is 12.0. The van der Waals surface area contributed by atoms with E-state index in [4.69, 9.17) is 9.84 Å². The first kappa shape index (κ1) is 17.7. The van der Waals surface area contributed by atoms with Crippen molar-refractivity contribution >= 4 is 5.91 Å². The molecule has 6 nitrogen and oxygen atoms in total. The summed E-state index contributed by atoms with van der Waals surface area (Å²) in [7, 11) is 3.75. The number of carbonyl (C=O) groups is 1. The van der Waals surface area contributed by atoms with Gasteiger partial charge in [-0.2, -0.15) is 0 Å². The van der Waals surface area contributed by atoms with Crippen molar-refractivity contribution < 1.29 is 14.6 Å². The fraction of sp³-hybridized carbons (Fsp3) is 0.588. The Bertz CT molecular complexity index is 510. The van der Waals surface area contributed by atoms with E-state index >= 15 is 0 Å². The number of benzene rings is 1. The third-order valence-electron chi connectivity index (χ3n) is 4.09. The Morgan fingerprint density at radius 1 is 1.39 bits per heavy atom. The maximum Gasteiger partial charge on any atom is 0.225 e. The molecule has 1 saturated heterocycles. The molecule has 1 fully saturated rings. The molecule has 1 amide bonds. The topological polar surface area (TPSA) is 65.0 Å². The molecule has 1 heterocycles. The maximum absolute atomic E-state index is 12.0.